The molecule has 0 bridgehead atoms. The molecule has 0 saturated heterocycles. The lowest BCUT2D eigenvalue weighted by molar-refractivity contribution is 0.355. The molecule has 0 aliphatic heterocycles. The molecular formula is C15H14ClN3O2. The number of hydrogen-bond acceptors (Lipinski definition) is 4. The van der Waals surface area contributed by atoms with Crippen LogP contribution in [-0.2, 0) is 0 Å². The Kier molecular flexibility index (Phi) is 3.43. The van der Waals surface area contributed by atoms with Crippen molar-refractivity contribution in [3.8, 4) is 22.8 Å². The molecular weight excluding hydrogens is 290 g/mol. The zero-order valence-electron chi connectivity index (χ0n) is 11.9. The van der Waals surface area contributed by atoms with E-state index < -0.39 is 0 Å². The Morgan fingerprint density at radius 1 is 1.10 bits per heavy atom. The van der Waals surface area contributed by atoms with Crippen molar-refractivity contribution in [1.29, 1.82) is 0 Å². The molecule has 0 aliphatic rings. The van der Waals surface area contributed by atoms with Gasteiger partial charge in [-0.1, -0.05) is 11.6 Å². The number of hydrogen-bond donors (Lipinski definition) is 0. The Bertz CT molecular complexity index is 814. The second-order valence-electron chi connectivity index (χ2n) is 4.60. The number of aryl methyl sites for hydroxylation is 1. The third-order valence-corrected chi connectivity index (χ3v) is 3.55. The van der Waals surface area contributed by atoms with Crippen LogP contribution in [-0.4, -0.2) is 28.8 Å². The van der Waals surface area contributed by atoms with Crippen LogP contribution < -0.4 is 9.47 Å². The first-order valence-electron chi connectivity index (χ1n) is 6.37. The van der Waals surface area contributed by atoms with Crippen molar-refractivity contribution < 1.29 is 9.47 Å². The zero-order chi connectivity index (χ0) is 15.0. The summed E-state index contributed by atoms with van der Waals surface area (Å²) in [6, 6.07) is 7.42. The minimum absolute atomic E-state index is 0.512. The second kappa shape index (κ2) is 5.26. The van der Waals surface area contributed by atoms with E-state index in [1.165, 1.54) is 0 Å². The minimum Gasteiger partial charge on any atom is -0.493 e. The van der Waals surface area contributed by atoms with Crippen LogP contribution >= 0.6 is 11.6 Å². The number of nitrogens with zero attached hydrogens (tertiary/aromatic N) is 3. The Morgan fingerprint density at radius 3 is 2.57 bits per heavy atom. The molecule has 3 aromatic rings. The maximum absolute atomic E-state index is 6.26. The highest BCUT2D eigenvalue weighted by atomic mass is 35.5. The maximum Gasteiger partial charge on any atom is 0.161 e. The van der Waals surface area contributed by atoms with Gasteiger partial charge in [0.2, 0.25) is 0 Å². The average molecular weight is 304 g/mol. The first kappa shape index (κ1) is 13.7. The summed E-state index contributed by atoms with van der Waals surface area (Å²) in [6.45, 7) is 1.95. The third-order valence-electron chi connectivity index (χ3n) is 3.28. The number of halogens is 1. The highest BCUT2D eigenvalue weighted by Crippen LogP contribution is 2.32. The molecule has 0 radical (unpaired) electrons. The van der Waals surface area contributed by atoms with Crippen LogP contribution in [0.15, 0.2) is 30.5 Å². The second-order valence-corrected chi connectivity index (χ2v) is 4.98. The predicted octanol–water partition coefficient (Wildman–Crippen LogP) is 3.38. The van der Waals surface area contributed by atoms with Gasteiger partial charge in [0.05, 0.1) is 26.1 Å². The Hall–Kier alpha value is -2.27. The van der Waals surface area contributed by atoms with Gasteiger partial charge in [0.25, 0.3) is 0 Å². The first-order valence-corrected chi connectivity index (χ1v) is 6.75. The van der Waals surface area contributed by atoms with Gasteiger partial charge >= 0.3 is 0 Å². The van der Waals surface area contributed by atoms with E-state index in [0.717, 1.165) is 22.5 Å². The van der Waals surface area contributed by atoms with E-state index in [2.05, 4.69) is 10.1 Å². The summed E-state index contributed by atoms with van der Waals surface area (Å²) in [5, 5.41) is 4.70. The van der Waals surface area contributed by atoms with E-state index in [4.69, 9.17) is 21.1 Å². The number of ether oxygens (including phenoxy) is 2. The van der Waals surface area contributed by atoms with Gasteiger partial charge in [0.1, 0.15) is 5.15 Å². The van der Waals surface area contributed by atoms with E-state index >= 15 is 0 Å². The highest BCUT2D eigenvalue weighted by Gasteiger charge is 2.11. The number of benzene rings is 1. The largest absolute Gasteiger partial charge is 0.493 e. The molecule has 0 aliphatic carbocycles. The van der Waals surface area contributed by atoms with Gasteiger partial charge in [-0.25, -0.2) is 9.50 Å². The van der Waals surface area contributed by atoms with Gasteiger partial charge in [-0.05, 0) is 25.1 Å². The van der Waals surface area contributed by atoms with Crippen LogP contribution in [0.2, 0.25) is 5.15 Å². The Labute approximate surface area is 127 Å². The summed E-state index contributed by atoms with van der Waals surface area (Å²) in [5.74, 6) is 1.33. The fraction of sp³-hybridized carbons (Fsp3) is 0.200. The van der Waals surface area contributed by atoms with Crippen LogP contribution in [0.25, 0.3) is 16.9 Å². The normalized spacial score (nSPS) is 10.9. The monoisotopic (exact) mass is 303 g/mol. The van der Waals surface area contributed by atoms with Crippen LogP contribution in [0.1, 0.15) is 5.56 Å². The van der Waals surface area contributed by atoms with Crippen molar-refractivity contribution in [2.75, 3.05) is 14.2 Å². The molecule has 21 heavy (non-hydrogen) atoms. The van der Waals surface area contributed by atoms with Crippen molar-refractivity contribution in [3.05, 3.63) is 41.2 Å². The van der Waals surface area contributed by atoms with Gasteiger partial charge in [0.15, 0.2) is 17.1 Å². The Balaban J connectivity index is 2.18. The summed E-state index contributed by atoms with van der Waals surface area (Å²) in [4.78, 5) is 4.62. The van der Waals surface area contributed by atoms with Crippen LogP contribution in [0.4, 0.5) is 0 Å². The third kappa shape index (κ3) is 2.29. The molecule has 2 heterocycles. The quantitative estimate of drug-likeness (QED) is 0.696. The van der Waals surface area contributed by atoms with E-state index in [0.29, 0.717) is 16.7 Å². The molecule has 5 nitrogen and oxygen atoms in total. The van der Waals surface area contributed by atoms with E-state index in [1.54, 1.807) is 31.0 Å². The van der Waals surface area contributed by atoms with Crippen molar-refractivity contribution >= 4 is 17.2 Å². The molecule has 6 heteroatoms. The van der Waals surface area contributed by atoms with Crippen LogP contribution in [0, 0.1) is 6.92 Å². The molecule has 0 unspecified atom stereocenters. The maximum atomic E-state index is 6.26. The van der Waals surface area contributed by atoms with Gasteiger partial charge in [0, 0.05) is 17.2 Å². The van der Waals surface area contributed by atoms with Crippen molar-refractivity contribution in [1.82, 2.24) is 14.6 Å². The molecule has 0 spiro atoms. The highest BCUT2D eigenvalue weighted by molar-refractivity contribution is 6.30. The summed E-state index contributed by atoms with van der Waals surface area (Å²) in [7, 11) is 3.21. The summed E-state index contributed by atoms with van der Waals surface area (Å²) < 4.78 is 12.2. The van der Waals surface area contributed by atoms with Crippen molar-refractivity contribution in [2.24, 2.45) is 0 Å². The van der Waals surface area contributed by atoms with E-state index in [-0.39, 0.29) is 0 Å². The van der Waals surface area contributed by atoms with Gasteiger partial charge in [-0.15, -0.1) is 0 Å². The van der Waals surface area contributed by atoms with Gasteiger partial charge in [-0.2, -0.15) is 5.10 Å². The Morgan fingerprint density at radius 2 is 1.86 bits per heavy atom. The molecule has 3 rings (SSSR count). The van der Waals surface area contributed by atoms with E-state index in [1.807, 2.05) is 25.1 Å². The predicted molar refractivity (Wildman–Crippen MR) is 81.3 cm³/mol. The summed E-state index contributed by atoms with van der Waals surface area (Å²) in [5.41, 5.74) is 3.38. The standard InChI is InChI=1S/C15H14ClN3O2/c1-9-8-17-19-14(16)7-11(18-15(9)19)10-4-5-12(20-2)13(6-10)21-3/h4-8H,1-3H3. The van der Waals surface area contributed by atoms with Crippen molar-refractivity contribution in [3.63, 3.8) is 0 Å². The fourth-order valence-electron chi connectivity index (χ4n) is 2.18. The van der Waals surface area contributed by atoms with Crippen molar-refractivity contribution in [2.45, 2.75) is 6.92 Å². The SMILES string of the molecule is COc1ccc(-c2cc(Cl)n3ncc(C)c3n2)cc1OC. The molecule has 0 atom stereocenters. The number of methoxy groups -OCH3 is 2. The summed E-state index contributed by atoms with van der Waals surface area (Å²) in [6.07, 6.45) is 1.74. The molecule has 0 saturated carbocycles. The molecule has 0 fully saturated rings. The lowest BCUT2D eigenvalue weighted by atomic mass is 10.1. The molecule has 1 aromatic carbocycles. The lowest BCUT2D eigenvalue weighted by Gasteiger charge is -2.10. The smallest absolute Gasteiger partial charge is 0.161 e. The topological polar surface area (TPSA) is 48.7 Å². The molecule has 108 valence electrons. The molecule has 0 amide bonds. The first-order chi connectivity index (χ1) is 10.1. The zero-order valence-corrected chi connectivity index (χ0v) is 12.7. The minimum atomic E-state index is 0.512. The fourth-order valence-corrected chi connectivity index (χ4v) is 2.41. The van der Waals surface area contributed by atoms with Gasteiger partial charge < -0.3 is 9.47 Å². The lowest BCUT2D eigenvalue weighted by Crippen LogP contribution is -1.96. The van der Waals surface area contributed by atoms with E-state index in [9.17, 15) is 0 Å². The van der Waals surface area contributed by atoms with Crippen LogP contribution in [0.5, 0.6) is 11.5 Å². The molecule has 0 N–H and O–H groups in total. The number of aromatic nitrogens is 3. The molecule has 2 aromatic heterocycles. The number of fused-ring (bicyclic) bond motifs is 1. The van der Waals surface area contributed by atoms with Crippen LogP contribution in [0.3, 0.4) is 0 Å². The summed E-state index contributed by atoms with van der Waals surface area (Å²) >= 11 is 6.26. The van der Waals surface area contributed by atoms with Gasteiger partial charge in [-0.3, -0.25) is 0 Å². The number of rotatable bonds is 3. The average Bonchev–Trinajstić information content (AvgIpc) is 2.88.